The Kier molecular flexibility index (Phi) is 4.35. The smallest absolute Gasteiger partial charge is 0.255 e. The third-order valence-corrected chi connectivity index (χ3v) is 3.93. The minimum Gasteiger partial charge on any atom is -0.337 e. The van der Waals surface area contributed by atoms with Gasteiger partial charge in [0.1, 0.15) is 5.82 Å². The van der Waals surface area contributed by atoms with Crippen molar-refractivity contribution in [2.45, 2.75) is 18.9 Å². The van der Waals surface area contributed by atoms with E-state index in [1.54, 1.807) is 0 Å². The Balaban J connectivity index is 2.15. The molecule has 1 atom stereocenters. The number of nitrogens with zero attached hydrogens (tertiary/aromatic N) is 1. The van der Waals surface area contributed by atoms with Gasteiger partial charge in [0.2, 0.25) is 0 Å². The highest BCUT2D eigenvalue weighted by atomic mass is 79.9. The van der Waals surface area contributed by atoms with Crippen LogP contribution in [0.5, 0.6) is 0 Å². The average Bonchev–Trinajstić information content (AvgIpc) is 2.38. The van der Waals surface area contributed by atoms with E-state index in [-0.39, 0.29) is 11.7 Å². The first kappa shape index (κ1) is 13.5. The molecular weight excluding hydrogens is 299 g/mol. The lowest BCUT2D eigenvalue weighted by Gasteiger charge is -2.32. The molecule has 1 N–H and O–H groups in total. The van der Waals surface area contributed by atoms with E-state index in [1.807, 2.05) is 11.9 Å². The van der Waals surface area contributed by atoms with Crippen LogP contribution in [0.3, 0.4) is 0 Å². The van der Waals surface area contributed by atoms with Gasteiger partial charge >= 0.3 is 0 Å². The van der Waals surface area contributed by atoms with Crippen LogP contribution in [0.2, 0.25) is 0 Å². The van der Waals surface area contributed by atoms with E-state index in [0.29, 0.717) is 22.6 Å². The normalized spacial score (nSPS) is 19.9. The zero-order valence-electron chi connectivity index (χ0n) is 10.2. The van der Waals surface area contributed by atoms with Crippen molar-refractivity contribution in [2.75, 3.05) is 20.1 Å². The van der Waals surface area contributed by atoms with Crippen molar-refractivity contribution in [3.63, 3.8) is 0 Å². The molecule has 0 bridgehead atoms. The zero-order valence-corrected chi connectivity index (χ0v) is 11.8. The molecule has 98 valence electrons. The number of halogens is 2. The lowest BCUT2D eigenvalue weighted by molar-refractivity contribution is 0.0697. The summed E-state index contributed by atoms with van der Waals surface area (Å²) in [6.07, 6.45) is 2.08. The molecule has 5 heteroatoms. The molecule has 1 aromatic carbocycles. The molecule has 2 rings (SSSR count). The van der Waals surface area contributed by atoms with E-state index in [1.165, 1.54) is 18.2 Å². The average molecular weight is 315 g/mol. The van der Waals surface area contributed by atoms with Crippen LogP contribution in [-0.2, 0) is 0 Å². The SMILES string of the molecule is CNC1CCCN(C(=O)c2ccc(F)cc2Br)C1. The molecule has 0 spiro atoms. The van der Waals surface area contributed by atoms with Gasteiger partial charge in [-0.3, -0.25) is 4.79 Å². The summed E-state index contributed by atoms with van der Waals surface area (Å²) < 4.78 is 13.5. The van der Waals surface area contributed by atoms with Gasteiger partial charge in [-0.2, -0.15) is 0 Å². The van der Waals surface area contributed by atoms with Gasteiger partial charge in [-0.1, -0.05) is 0 Å². The number of likely N-dealkylation sites (N-methyl/N-ethyl adjacent to an activating group) is 1. The zero-order chi connectivity index (χ0) is 13.1. The van der Waals surface area contributed by atoms with Crippen molar-refractivity contribution in [1.29, 1.82) is 0 Å². The van der Waals surface area contributed by atoms with Gasteiger partial charge in [-0.15, -0.1) is 0 Å². The van der Waals surface area contributed by atoms with Gasteiger partial charge in [0.05, 0.1) is 5.56 Å². The van der Waals surface area contributed by atoms with Gasteiger partial charge in [-0.25, -0.2) is 4.39 Å². The number of hydrogen-bond acceptors (Lipinski definition) is 2. The Hall–Kier alpha value is -0.940. The molecule has 1 amide bonds. The molecule has 0 aliphatic carbocycles. The predicted octanol–water partition coefficient (Wildman–Crippen LogP) is 2.41. The van der Waals surface area contributed by atoms with Crippen LogP contribution >= 0.6 is 15.9 Å². The van der Waals surface area contributed by atoms with E-state index in [2.05, 4.69) is 21.2 Å². The monoisotopic (exact) mass is 314 g/mol. The maximum atomic E-state index is 13.0. The molecule has 1 heterocycles. The van der Waals surface area contributed by atoms with Gasteiger partial charge < -0.3 is 10.2 Å². The molecule has 18 heavy (non-hydrogen) atoms. The first-order valence-corrected chi connectivity index (χ1v) is 6.82. The van der Waals surface area contributed by atoms with Gasteiger partial charge in [0, 0.05) is 23.6 Å². The summed E-state index contributed by atoms with van der Waals surface area (Å²) >= 11 is 3.24. The molecule has 0 saturated carbocycles. The molecule has 0 aromatic heterocycles. The summed E-state index contributed by atoms with van der Waals surface area (Å²) in [5, 5.41) is 3.20. The largest absolute Gasteiger partial charge is 0.337 e. The fraction of sp³-hybridized carbons (Fsp3) is 0.462. The Bertz CT molecular complexity index is 453. The molecule has 1 aliphatic rings. The third-order valence-electron chi connectivity index (χ3n) is 3.28. The Morgan fingerprint density at radius 1 is 1.56 bits per heavy atom. The van der Waals surface area contributed by atoms with Crippen molar-refractivity contribution in [1.82, 2.24) is 10.2 Å². The molecule has 1 unspecified atom stereocenters. The maximum Gasteiger partial charge on any atom is 0.255 e. The van der Waals surface area contributed by atoms with Crippen LogP contribution in [-0.4, -0.2) is 37.0 Å². The number of likely N-dealkylation sites (tertiary alicyclic amines) is 1. The topological polar surface area (TPSA) is 32.3 Å². The fourth-order valence-corrected chi connectivity index (χ4v) is 2.75. The van der Waals surface area contributed by atoms with Gasteiger partial charge in [-0.05, 0) is 54.0 Å². The molecule has 3 nitrogen and oxygen atoms in total. The molecule has 1 fully saturated rings. The molecular formula is C13H16BrFN2O. The second kappa shape index (κ2) is 5.80. The van der Waals surface area contributed by atoms with Crippen LogP contribution in [0.25, 0.3) is 0 Å². The molecule has 0 radical (unpaired) electrons. The van der Waals surface area contributed by atoms with Crippen LogP contribution in [0.15, 0.2) is 22.7 Å². The maximum absolute atomic E-state index is 13.0. The minimum absolute atomic E-state index is 0.0400. The Morgan fingerprint density at radius 2 is 2.33 bits per heavy atom. The fourth-order valence-electron chi connectivity index (χ4n) is 2.23. The predicted molar refractivity (Wildman–Crippen MR) is 72.1 cm³/mol. The van der Waals surface area contributed by atoms with Crippen molar-refractivity contribution in [3.05, 3.63) is 34.1 Å². The van der Waals surface area contributed by atoms with Crippen molar-refractivity contribution in [2.24, 2.45) is 0 Å². The second-order valence-electron chi connectivity index (χ2n) is 4.50. The van der Waals surface area contributed by atoms with Gasteiger partial charge in [0.25, 0.3) is 5.91 Å². The van der Waals surface area contributed by atoms with E-state index >= 15 is 0 Å². The Labute approximate surface area is 114 Å². The number of carbonyl (C=O) groups excluding carboxylic acids is 1. The van der Waals surface area contributed by atoms with Crippen molar-refractivity contribution < 1.29 is 9.18 Å². The number of piperidine rings is 1. The summed E-state index contributed by atoms with van der Waals surface area (Å²) in [6, 6.07) is 4.52. The third kappa shape index (κ3) is 2.90. The van der Waals surface area contributed by atoms with Gasteiger partial charge in [0.15, 0.2) is 0 Å². The highest BCUT2D eigenvalue weighted by molar-refractivity contribution is 9.10. The first-order chi connectivity index (χ1) is 8.61. The van der Waals surface area contributed by atoms with Crippen molar-refractivity contribution >= 4 is 21.8 Å². The lowest BCUT2D eigenvalue weighted by atomic mass is 10.0. The van der Waals surface area contributed by atoms with E-state index in [9.17, 15) is 9.18 Å². The van der Waals surface area contributed by atoms with Crippen LogP contribution < -0.4 is 5.32 Å². The first-order valence-electron chi connectivity index (χ1n) is 6.03. The number of amides is 1. The van der Waals surface area contributed by atoms with E-state index < -0.39 is 0 Å². The quantitative estimate of drug-likeness (QED) is 0.909. The van der Waals surface area contributed by atoms with Crippen molar-refractivity contribution in [3.8, 4) is 0 Å². The van der Waals surface area contributed by atoms with Crippen LogP contribution in [0.4, 0.5) is 4.39 Å². The van der Waals surface area contributed by atoms with Crippen LogP contribution in [0.1, 0.15) is 23.2 Å². The number of carbonyl (C=O) groups is 1. The summed E-state index contributed by atoms with van der Waals surface area (Å²) in [5.74, 6) is -0.382. The summed E-state index contributed by atoms with van der Waals surface area (Å²) in [7, 11) is 1.91. The molecule has 1 aromatic rings. The second-order valence-corrected chi connectivity index (χ2v) is 5.36. The number of hydrogen-bond donors (Lipinski definition) is 1. The number of nitrogens with one attached hydrogen (secondary N) is 1. The summed E-state index contributed by atoms with van der Waals surface area (Å²) in [5.41, 5.74) is 0.521. The number of rotatable bonds is 2. The van der Waals surface area contributed by atoms with E-state index in [4.69, 9.17) is 0 Å². The molecule has 1 saturated heterocycles. The lowest BCUT2D eigenvalue weighted by Crippen LogP contribution is -2.47. The van der Waals surface area contributed by atoms with Crippen LogP contribution in [0, 0.1) is 5.82 Å². The highest BCUT2D eigenvalue weighted by Crippen LogP contribution is 2.21. The standard InChI is InChI=1S/C13H16BrFN2O/c1-16-10-3-2-6-17(8-10)13(18)11-5-4-9(15)7-12(11)14/h4-5,7,10,16H,2-3,6,8H2,1H3. The summed E-state index contributed by atoms with van der Waals surface area (Å²) in [6.45, 7) is 1.47. The van der Waals surface area contributed by atoms with E-state index in [0.717, 1.165) is 19.4 Å². The number of benzene rings is 1. The Morgan fingerprint density at radius 3 is 3.00 bits per heavy atom. The molecule has 1 aliphatic heterocycles. The summed E-state index contributed by atoms with van der Waals surface area (Å²) in [4.78, 5) is 14.2. The highest BCUT2D eigenvalue weighted by Gasteiger charge is 2.24. The minimum atomic E-state index is -0.342.